The monoisotopic (exact) mass is 550 g/mol. The number of rotatable bonds is 12. The Morgan fingerprint density at radius 3 is 1.97 bits per heavy atom. The molecular weight excluding hydrogens is 519 g/mol. The van der Waals surface area contributed by atoms with Gasteiger partial charge < -0.3 is 25.6 Å². The minimum absolute atomic E-state index is 0.0271. The Bertz CT molecular complexity index is 1270. The second kappa shape index (κ2) is 13.6. The van der Waals surface area contributed by atoms with Gasteiger partial charge in [-0.05, 0) is 42.5 Å². The van der Waals surface area contributed by atoms with E-state index in [1.54, 1.807) is 36.4 Å². The molecular formula is C29H31N2O7P. The molecule has 0 saturated carbocycles. The molecule has 0 aromatic heterocycles. The van der Waals surface area contributed by atoms with Crippen molar-refractivity contribution in [1.82, 2.24) is 10.6 Å². The summed E-state index contributed by atoms with van der Waals surface area (Å²) in [4.78, 5) is 37.0. The smallest absolute Gasteiger partial charge is 0.407 e. The van der Waals surface area contributed by atoms with Crippen LogP contribution in [0.1, 0.15) is 25.0 Å². The molecule has 204 valence electrons. The number of carbonyl (C=O) groups excluding carboxylic acids is 2. The normalized spacial score (nSPS) is 14.8. The van der Waals surface area contributed by atoms with Crippen LogP contribution in [0, 0.1) is 5.92 Å². The molecule has 0 saturated heterocycles. The first kappa shape index (κ1) is 29.5. The summed E-state index contributed by atoms with van der Waals surface area (Å²) in [6.45, 7) is 2.65. The molecule has 39 heavy (non-hydrogen) atoms. The lowest BCUT2D eigenvalue weighted by Crippen LogP contribution is -2.57. The molecule has 2 amide bonds. The predicted octanol–water partition coefficient (Wildman–Crippen LogP) is 4.40. The topological polar surface area (TPSA) is 142 Å². The third kappa shape index (κ3) is 7.96. The summed E-state index contributed by atoms with van der Waals surface area (Å²) in [5.41, 5.74) is 3.32. The van der Waals surface area contributed by atoms with Crippen LogP contribution in [-0.4, -0.2) is 45.6 Å². The summed E-state index contributed by atoms with van der Waals surface area (Å²) >= 11 is 0. The number of carboxylic acid groups (broad SMARTS) is 1. The van der Waals surface area contributed by atoms with Crippen molar-refractivity contribution in [2.24, 2.45) is 5.92 Å². The first-order valence-corrected chi connectivity index (χ1v) is 13.2. The molecule has 0 fully saturated rings. The molecule has 3 aromatic rings. The highest BCUT2D eigenvalue weighted by atomic mass is 31.1. The van der Waals surface area contributed by atoms with Gasteiger partial charge in [-0.1, -0.05) is 84.9 Å². The van der Waals surface area contributed by atoms with Crippen LogP contribution in [0.4, 0.5) is 4.79 Å². The van der Waals surface area contributed by atoms with Crippen molar-refractivity contribution in [3.8, 4) is 11.1 Å². The highest BCUT2D eigenvalue weighted by Gasteiger charge is 2.48. The zero-order valence-corrected chi connectivity index (χ0v) is 22.5. The molecule has 0 heterocycles. The van der Waals surface area contributed by atoms with E-state index in [0.29, 0.717) is 5.56 Å². The lowest BCUT2D eigenvalue weighted by atomic mass is 9.88. The molecule has 3 rings (SSSR count). The van der Waals surface area contributed by atoms with Crippen LogP contribution in [0.25, 0.3) is 11.1 Å². The van der Waals surface area contributed by atoms with Crippen LogP contribution < -0.4 is 10.6 Å². The number of hydrogen-bond acceptors (Lipinski definition) is 6. The maximum Gasteiger partial charge on any atom is 0.407 e. The number of aliphatic hydroxyl groups is 1. The maximum absolute atomic E-state index is 13.2. The number of nitrogens with one attached hydrogen (secondary N) is 2. The molecule has 0 aliphatic heterocycles. The highest BCUT2D eigenvalue weighted by molar-refractivity contribution is 7.25. The van der Waals surface area contributed by atoms with Crippen LogP contribution in [0.5, 0.6) is 0 Å². The van der Waals surface area contributed by atoms with Crippen molar-refractivity contribution in [3.05, 3.63) is 96.1 Å². The summed E-state index contributed by atoms with van der Waals surface area (Å²) < 4.78 is 17.6. The van der Waals surface area contributed by atoms with Gasteiger partial charge in [0, 0.05) is 0 Å². The van der Waals surface area contributed by atoms with Gasteiger partial charge in [-0.3, -0.25) is 14.2 Å². The maximum atomic E-state index is 13.2. The number of benzene rings is 3. The summed E-state index contributed by atoms with van der Waals surface area (Å²) in [6, 6.07) is 23.4. The van der Waals surface area contributed by atoms with Crippen molar-refractivity contribution >= 4 is 26.4 Å². The SMILES string of the molecule is CC(NC(=O)C(Cc1ccc(-c2ccccc2)cc1)C(O)(P=O)C(C)NC(=O)OCc1ccccc1)C(=O)O. The largest absolute Gasteiger partial charge is 0.480 e. The van der Waals surface area contributed by atoms with E-state index in [1.807, 2.05) is 48.5 Å². The van der Waals surface area contributed by atoms with Gasteiger partial charge in [-0.15, -0.1) is 0 Å². The van der Waals surface area contributed by atoms with Crippen molar-refractivity contribution in [2.45, 2.75) is 44.3 Å². The Hall–Kier alpha value is -4.07. The molecule has 0 aliphatic carbocycles. The molecule has 0 bridgehead atoms. The summed E-state index contributed by atoms with van der Waals surface area (Å²) in [5, 5.41) is 23.3. The zero-order chi connectivity index (χ0) is 28.4. The minimum atomic E-state index is -2.29. The summed E-state index contributed by atoms with van der Waals surface area (Å²) in [7, 11) is -0.835. The number of ether oxygens (including phenoxy) is 1. The van der Waals surface area contributed by atoms with Crippen LogP contribution >= 0.6 is 8.46 Å². The van der Waals surface area contributed by atoms with Crippen molar-refractivity contribution < 1.29 is 33.9 Å². The Morgan fingerprint density at radius 1 is 0.846 bits per heavy atom. The number of alkyl carbamates (subject to hydrolysis) is 1. The van der Waals surface area contributed by atoms with Crippen LogP contribution in [-0.2, 0) is 31.9 Å². The van der Waals surface area contributed by atoms with E-state index in [-0.39, 0.29) is 13.0 Å². The Balaban J connectivity index is 1.81. The van der Waals surface area contributed by atoms with Crippen LogP contribution in [0.15, 0.2) is 84.9 Å². The molecule has 3 aromatic carbocycles. The zero-order valence-electron chi connectivity index (χ0n) is 21.6. The second-order valence-electron chi connectivity index (χ2n) is 9.19. The first-order chi connectivity index (χ1) is 18.6. The second-order valence-corrected chi connectivity index (χ2v) is 10.1. The van der Waals surface area contributed by atoms with E-state index in [9.17, 15) is 29.2 Å². The number of aliphatic carboxylic acids is 1. The third-order valence-corrected chi connectivity index (χ3v) is 7.38. The molecule has 4 atom stereocenters. The predicted molar refractivity (Wildman–Crippen MR) is 146 cm³/mol. The summed E-state index contributed by atoms with van der Waals surface area (Å²) in [5.74, 6) is -3.48. The molecule has 10 heteroatoms. The van der Waals surface area contributed by atoms with Crippen molar-refractivity contribution in [3.63, 3.8) is 0 Å². The van der Waals surface area contributed by atoms with Crippen molar-refractivity contribution in [1.29, 1.82) is 0 Å². The van der Waals surface area contributed by atoms with Gasteiger partial charge >= 0.3 is 12.1 Å². The first-order valence-electron chi connectivity index (χ1n) is 12.4. The molecule has 4 unspecified atom stereocenters. The number of carbonyl (C=O) groups is 3. The highest BCUT2D eigenvalue weighted by Crippen LogP contribution is 2.36. The van der Waals surface area contributed by atoms with Gasteiger partial charge in [0.05, 0.1) is 12.0 Å². The fourth-order valence-electron chi connectivity index (χ4n) is 4.00. The Labute approximate surface area is 228 Å². The number of hydrogen-bond donors (Lipinski definition) is 4. The number of amides is 2. The fourth-order valence-corrected chi connectivity index (χ4v) is 4.56. The molecule has 0 radical (unpaired) electrons. The molecule has 0 aliphatic rings. The molecule has 9 nitrogen and oxygen atoms in total. The fraction of sp³-hybridized carbons (Fsp3) is 0.276. The van der Waals surface area contributed by atoms with Gasteiger partial charge in [0.2, 0.25) is 5.91 Å². The van der Waals surface area contributed by atoms with Gasteiger partial charge in [0.15, 0.2) is 13.8 Å². The van der Waals surface area contributed by atoms with E-state index in [0.717, 1.165) is 16.7 Å². The van der Waals surface area contributed by atoms with Gasteiger partial charge in [-0.25, -0.2) is 4.79 Å². The van der Waals surface area contributed by atoms with E-state index in [4.69, 9.17) is 4.74 Å². The van der Waals surface area contributed by atoms with E-state index in [1.165, 1.54) is 13.8 Å². The van der Waals surface area contributed by atoms with Crippen LogP contribution in [0.3, 0.4) is 0 Å². The Morgan fingerprint density at radius 2 is 1.41 bits per heavy atom. The Kier molecular flexibility index (Phi) is 10.3. The van der Waals surface area contributed by atoms with Gasteiger partial charge in [0.1, 0.15) is 12.6 Å². The average Bonchev–Trinajstić information content (AvgIpc) is 2.95. The molecule has 0 spiro atoms. The van der Waals surface area contributed by atoms with Gasteiger partial charge in [-0.2, -0.15) is 0 Å². The van der Waals surface area contributed by atoms with Crippen LogP contribution in [0.2, 0.25) is 0 Å². The van der Waals surface area contributed by atoms with Crippen molar-refractivity contribution in [2.75, 3.05) is 0 Å². The average molecular weight is 551 g/mol. The third-order valence-electron chi connectivity index (χ3n) is 6.39. The number of carboxylic acids is 1. The molecule has 4 N–H and O–H groups in total. The van der Waals surface area contributed by atoms with E-state index in [2.05, 4.69) is 10.6 Å². The summed E-state index contributed by atoms with van der Waals surface area (Å²) in [6.07, 6.45) is -0.956. The lowest BCUT2D eigenvalue weighted by molar-refractivity contribution is -0.143. The lowest BCUT2D eigenvalue weighted by Gasteiger charge is -2.35. The standard InChI is InChI=1S/C29H31N2O7P/c1-19(27(33)34)30-26(32)25(17-21-13-15-24(16-14-21)23-11-7-4-8-12-23)29(36,39-37)20(2)31-28(35)38-18-22-9-5-3-6-10-22/h3-16,19-20,25,36H,17-18H2,1-2H3,(H,30,32)(H,31,35)(H,33,34). The van der Waals surface area contributed by atoms with E-state index < -0.39 is 49.8 Å². The minimum Gasteiger partial charge on any atom is -0.480 e. The quantitative estimate of drug-likeness (QED) is 0.245. The van der Waals surface area contributed by atoms with Gasteiger partial charge in [0.25, 0.3) is 0 Å². The van der Waals surface area contributed by atoms with E-state index >= 15 is 0 Å².